The molecule has 0 fully saturated rings. The predicted octanol–water partition coefficient (Wildman–Crippen LogP) is 6.33. The van der Waals surface area contributed by atoms with Crippen LogP contribution in [0.25, 0.3) is 17.1 Å². The van der Waals surface area contributed by atoms with E-state index in [1.54, 1.807) is 31.4 Å². The number of fused-ring (bicyclic) bond motifs is 1. The number of unbranched alkanes of at least 4 members (excludes halogenated alkanes) is 1. The number of benzene rings is 3. The Morgan fingerprint density at radius 2 is 1.85 bits per heavy atom. The molecule has 4 rings (SSSR count). The molecule has 39 heavy (non-hydrogen) atoms. The Balaban J connectivity index is 1.27. The zero-order valence-electron chi connectivity index (χ0n) is 22.4. The van der Waals surface area contributed by atoms with E-state index in [1.165, 1.54) is 0 Å². The third-order valence-electron chi connectivity index (χ3n) is 6.17. The Kier molecular flexibility index (Phi) is 10.3. The number of amides is 1. The number of carbonyl (C=O) groups is 1. The van der Waals surface area contributed by atoms with Gasteiger partial charge in [-0.3, -0.25) is 4.79 Å². The van der Waals surface area contributed by atoms with E-state index in [1.807, 2.05) is 55.5 Å². The van der Waals surface area contributed by atoms with Crippen LogP contribution < -0.4 is 19.5 Å². The van der Waals surface area contributed by atoms with Crippen molar-refractivity contribution in [3.8, 4) is 17.2 Å². The molecule has 204 valence electrons. The Morgan fingerprint density at radius 1 is 1.03 bits per heavy atom. The number of hydrogen-bond acceptors (Lipinski definition) is 5. The summed E-state index contributed by atoms with van der Waals surface area (Å²) in [6.07, 6.45) is 6.44. The Labute approximate surface area is 234 Å². The lowest BCUT2D eigenvalue weighted by Crippen LogP contribution is -2.31. The first kappa shape index (κ1) is 28.0. The van der Waals surface area contributed by atoms with Crippen molar-refractivity contribution < 1.29 is 19.0 Å². The highest BCUT2D eigenvalue weighted by molar-refractivity contribution is 6.30. The molecule has 0 aliphatic carbocycles. The van der Waals surface area contributed by atoms with Gasteiger partial charge in [0.2, 0.25) is 0 Å². The van der Waals surface area contributed by atoms with Crippen molar-refractivity contribution in [3.05, 3.63) is 89.2 Å². The van der Waals surface area contributed by atoms with Gasteiger partial charge in [0, 0.05) is 24.5 Å². The van der Waals surface area contributed by atoms with E-state index >= 15 is 0 Å². The van der Waals surface area contributed by atoms with Crippen LogP contribution in [0.1, 0.15) is 31.2 Å². The van der Waals surface area contributed by atoms with Crippen molar-refractivity contribution in [3.63, 3.8) is 0 Å². The van der Waals surface area contributed by atoms with Crippen LogP contribution in [0.4, 0.5) is 0 Å². The third-order valence-corrected chi connectivity index (χ3v) is 6.42. The van der Waals surface area contributed by atoms with E-state index in [0.29, 0.717) is 30.3 Å². The van der Waals surface area contributed by atoms with Gasteiger partial charge in [-0.05, 0) is 73.9 Å². The summed E-state index contributed by atoms with van der Waals surface area (Å²) in [4.78, 5) is 17.1. The zero-order chi connectivity index (χ0) is 27.5. The van der Waals surface area contributed by atoms with Gasteiger partial charge in [-0.1, -0.05) is 42.0 Å². The standard InChI is InChI=1S/C31H34ClN3O4/c1-3-8-23-11-16-28(29(21-23)37-2)38-20-7-6-19-35-27-10-5-4-9-26(27)34-30(35)17-18-33-31(36)22-39-25-14-12-24(32)13-15-25/h3-5,8-16,21H,6-7,17-20,22H2,1-2H3,(H,33,36)/b8-3+. The highest BCUT2D eigenvalue weighted by atomic mass is 35.5. The largest absolute Gasteiger partial charge is 0.493 e. The second-order valence-corrected chi connectivity index (χ2v) is 9.41. The maximum atomic E-state index is 12.3. The van der Waals surface area contributed by atoms with Gasteiger partial charge in [0.25, 0.3) is 5.91 Å². The van der Waals surface area contributed by atoms with E-state index < -0.39 is 0 Å². The topological polar surface area (TPSA) is 74.6 Å². The maximum Gasteiger partial charge on any atom is 0.257 e. The van der Waals surface area contributed by atoms with Crippen LogP contribution in [0.2, 0.25) is 5.02 Å². The van der Waals surface area contributed by atoms with E-state index in [9.17, 15) is 4.79 Å². The quantitative estimate of drug-likeness (QED) is 0.187. The first-order valence-electron chi connectivity index (χ1n) is 13.1. The lowest BCUT2D eigenvalue weighted by atomic mass is 10.2. The predicted molar refractivity (Wildman–Crippen MR) is 156 cm³/mol. The molecule has 0 spiro atoms. The average molecular weight is 548 g/mol. The Morgan fingerprint density at radius 3 is 2.64 bits per heavy atom. The van der Waals surface area contributed by atoms with Crippen LogP contribution in [0.15, 0.2) is 72.8 Å². The van der Waals surface area contributed by atoms with Gasteiger partial charge in [0.05, 0.1) is 24.8 Å². The molecule has 4 aromatic rings. The first-order valence-corrected chi connectivity index (χ1v) is 13.5. The van der Waals surface area contributed by atoms with Crippen molar-refractivity contribution in [1.82, 2.24) is 14.9 Å². The molecule has 1 amide bonds. The summed E-state index contributed by atoms with van der Waals surface area (Å²) in [7, 11) is 1.66. The van der Waals surface area contributed by atoms with E-state index in [2.05, 4.69) is 16.0 Å². The smallest absolute Gasteiger partial charge is 0.257 e. The number of ether oxygens (including phenoxy) is 3. The van der Waals surface area contributed by atoms with E-state index in [-0.39, 0.29) is 12.5 Å². The molecule has 0 aliphatic heterocycles. The van der Waals surface area contributed by atoms with Crippen LogP contribution in [0, 0.1) is 0 Å². The van der Waals surface area contributed by atoms with Crippen molar-refractivity contribution in [2.45, 2.75) is 32.7 Å². The number of nitrogens with zero attached hydrogens (tertiary/aromatic N) is 2. The molecule has 1 aromatic heterocycles. The van der Waals surface area contributed by atoms with Crippen LogP contribution in [0.5, 0.6) is 17.2 Å². The van der Waals surface area contributed by atoms with E-state index in [0.717, 1.165) is 53.3 Å². The van der Waals surface area contributed by atoms with Crippen molar-refractivity contribution in [2.75, 3.05) is 26.9 Å². The fourth-order valence-electron chi connectivity index (χ4n) is 4.26. The molecular weight excluding hydrogens is 514 g/mol. The second kappa shape index (κ2) is 14.3. The third kappa shape index (κ3) is 8.01. The minimum Gasteiger partial charge on any atom is -0.493 e. The summed E-state index contributed by atoms with van der Waals surface area (Å²) in [5, 5.41) is 3.54. The molecule has 0 saturated heterocycles. The molecule has 0 atom stereocenters. The lowest BCUT2D eigenvalue weighted by molar-refractivity contribution is -0.123. The monoisotopic (exact) mass is 547 g/mol. The summed E-state index contributed by atoms with van der Waals surface area (Å²) in [5.41, 5.74) is 3.12. The van der Waals surface area contributed by atoms with Crippen molar-refractivity contribution in [1.29, 1.82) is 0 Å². The number of allylic oxidation sites excluding steroid dienone is 1. The summed E-state index contributed by atoms with van der Waals surface area (Å²) >= 11 is 5.89. The fraction of sp³-hybridized carbons (Fsp3) is 0.290. The molecule has 0 saturated carbocycles. The maximum absolute atomic E-state index is 12.3. The highest BCUT2D eigenvalue weighted by Crippen LogP contribution is 2.29. The van der Waals surface area contributed by atoms with Gasteiger partial charge < -0.3 is 24.1 Å². The Bertz CT molecular complexity index is 1400. The molecule has 1 N–H and O–H groups in total. The van der Waals surface area contributed by atoms with E-state index in [4.69, 9.17) is 30.8 Å². The molecule has 1 heterocycles. The number of rotatable bonds is 14. The highest BCUT2D eigenvalue weighted by Gasteiger charge is 2.12. The number of imidazole rings is 1. The molecule has 7 nitrogen and oxygen atoms in total. The first-order chi connectivity index (χ1) is 19.1. The van der Waals surface area contributed by atoms with Crippen LogP contribution >= 0.6 is 11.6 Å². The van der Waals surface area contributed by atoms with Crippen LogP contribution in [-0.2, 0) is 17.8 Å². The van der Waals surface area contributed by atoms with Gasteiger partial charge in [-0.15, -0.1) is 0 Å². The molecule has 0 unspecified atom stereocenters. The molecule has 0 aliphatic rings. The molecule has 3 aromatic carbocycles. The number of halogens is 1. The summed E-state index contributed by atoms with van der Waals surface area (Å²) in [6, 6.07) is 21.0. The van der Waals surface area contributed by atoms with Gasteiger partial charge in [0.15, 0.2) is 18.1 Å². The van der Waals surface area contributed by atoms with Gasteiger partial charge >= 0.3 is 0 Å². The number of methoxy groups -OCH3 is 1. The molecule has 8 heteroatoms. The van der Waals surface area contributed by atoms with Gasteiger partial charge in [-0.25, -0.2) is 4.98 Å². The fourth-order valence-corrected chi connectivity index (χ4v) is 4.39. The van der Waals surface area contributed by atoms with Gasteiger partial charge in [-0.2, -0.15) is 0 Å². The lowest BCUT2D eigenvalue weighted by Gasteiger charge is -2.13. The summed E-state index contributed by atoms with van der Waals surface area (Å²) in [6.45, 7) is 3.80. The van der Waals surface area contributed by atoms with Crippen molar-refractivity contribution in [2.24, 2.45) is 0 Å². The van der Waals surface area contributed by atoms with Crippen molar-refractivity contribution >= 4 is 34.6 Å². The average Bonchev–Trinajstić information content (AvgIpc) is 3.30. The zero-order valence-corrected chi connectivity index (χ0v) is 23.1. The minimum atomic E-state index is -0.182. The Hall–Kier alpha value is -3.97. The summed E-state index contributed by atoms with van der Waals surface area (Å²) in [5.74, 6) is 2.84. The normalized spacial score (nSPS) is 11.2. The molecule has 0 radical (unpaired) electrons. The number of aryl methyl sites for hydroxylation is 1. The number of nitrogens with one attached hydrogen (secondary N) is 1. The van der Waals surface area contributed by atoms with Crippen LogP contribution in [-0.4, -0.2) is 42.3 Å². The van der Waals surface area contributed by atoms with Crippen LogP contribution in [0.3, 0.4) is 0 Å². The summed E-state index contributed by atoms with van der Waals surface area (Å²) < 4.78 is 19.3. The SMILES string of the molecule is C/C=C/c1ccc(OCCCCn2c(CCNC(=O)COc3ccc(Cl)cc3)nc3ccccc32)c(OC)c1. The number of aromatic nitrogens is 2. The van der Waals surface area contributed by atoms with Gasteiger partial charge in [0.1, 0.15) is 11.6 Å². The number of hydrogen-bond donors (Lipinski definition) is 1. The minimum absolute atomic E-state index is 0.0547. The molecular formula is C31H34ClN3O4. The molecule has 0 bridgehead atoms. The number of para-hydroxylation sites is 2. The number of carbonyl (C=O) groups excluding carboxylic acids is 1. The second-order valence-electron chi connectivity index (χ2n) is 8.98.